The van der Waals surface area contributed by atoms with Gasteiger partial charge in [0.15, 0.2) is 0 Å². The van der Waals surface area contributed by atoms with Gasteiger partial charge in [-0.3, -0.25) is 0 Å². The van der Waals surface area contributed by atoms with E-state index in [0.29, 0.717) is 11.7 Å². The zero-order valence-electron chi connectivity index (χ0n) is 22.5. The van der Waals surface area contributed by atoms with Gasteiger partial charge >= 0.3 is 0 Å². The molecule has 0 unspecified atom stereocenters. The van der Waals surface area contributed by atoms with Gasteiger partial charge in [-0.05, 0) is 62.6 Å². The van der Waals surface area contributed by atoms with Gasteiger partial charge in [-0.15, -0.1) is 0 Å². The fourth-order valence-electron chi connectivity index (χ4n) is 5.73. The summed E-state index contributed by atoms with van der Waals surface area (Å²) in [6, 6.07) is 19.1. The van der Waals surface area contributed by atoms with Gasteiger partial charge in [0, 0.05) is 34.8 Å². The fraction of sp³-hybridized carbons (Fsp3) is 0.353. The van der Waals surface area contributed by atoms with Gasteiger partial charge in [0.05, 0.1) is 11.5 Å². The first-order valence-electron chi connectivity index (χ1n) is 14.3. The third-order valence-corrected chi connectivity index (χ3v) is 7.72. The van der Waals surface area contributed by atoms with Crippen LogP contribution in [0.2, 0.25) is 0 Å². The fourth-order valence-corrected chi connectivity index (χ4v) is 5.73. The number of nitrogens with zero attached hydrogens (tertiary/aromatic N) is 2. The molecule has 0 amide bonds. The minimum absolute atomic E-state index is 0.439. The van der Waals surface area contributed by atoms with Gasteiger partial charge in [0.25, 0.3) is 0 Å². The zero-order chi connectivity index (χ0) is 26.2. The highest BCUT2D eigenvalue weighted by molar-refractivity contribution is 5.67. The number of nitrogens with one attached hydrogen (secondary N) is 1. The third kappa shape index (κ3) is 6.80. The minimum Gasteiger partial charge on any atom is -0.386 e. The minimum atomic E-state index is 0.439. The van der Waals surface area contributed by atoms with Crippen molar-refractivity contribution < 1.29 is 0 Å². The third-order valence-electron chi connectivity index (χ3n) is 7.72. The Kier molecular flexibility index (Phi) is 8.70. The highest BCUT2D eigenvalue weighted by Gasteiger charge is 2.23. The quantitative estimate of drug-likeness (QED) is 0.292. The maximum absolute atomic E-state index is 5.77. The first-order chi connectivity index (χ1) is 18.7. The summed E-state index contributed by atoms with van der Waals surface area (Å²) >= 11 is 0. The lowest BCUT2D eigenvalue weighted by Crippen LogP contribution is -2.14. The van der Waals surface area contributed by atoms with Crippen molar-refractivity contribution in [2.75, 3.05) is 5.32 Å². The number of anilines is 1. The molecule has 3 N–H and O–H groups in total. The average molecular weight is 505 g/mol. The normalized spacial score (nSPS) is 15.7. The summed E-state index contributed by atoms with van der Waals surface area (Å²) in [6.07, 6.45) is 19.6. The number of aromatic nitrogens is 2. The molecule has 4 heteroatoms. The lowest BCUT2D eigenvalue weighted by atomic mass is 9.87. The molecule has 0 atom stereocenters. The second-order valence-corrected chi connectivity index (χ2v) is 10.7. The smallest absolute Gasteiger partial charge is 0.132 e. The van der Waals surface area contributed by atoms with Gasteiger partial charge in [0.2, 0.25) is 0 Å². The first kappa shape index (κ1) is 26.0. The lowest BCUT2D eigenvalue weighted by molar-refractivity contribution is 0.427. The molecule has 5 rings (SSSR count). The maximum Gasteiger partial charge on any atom is 0.132 e. The largest absolute Gasteiger partial charge is 0.386 e. The molecule has 0 radical (unpaired) electrons. The summed E-state index contributed by atoms with van der Waals surface area (Å²) in [7, 11) is 0. The van der Waals surface area contributed by atoms with Crippen molar-refractivity contribution >= 4 is 5.69 Å². The highest BCUT2D eigenvalue weighted by Crippen LogP contribution is 2.35. The van der Waals surface area contributed by atoms with Gasteiger partial charge in [0.1, 0.15) is 5.82 Å². The van der Waals surface area contributed by atoms with Crippen LogP contribution in [0.4, 0.5) is 5.69 Å². The van der Waals surface area contributed by atoms with Gasteiger partial charge in [-0.25, -0.2) is 9.97 Å². The Morgan fingerprint density at radius 2 is 1.71 bits per heavy atom. The van der Waals surface area contributed by atoms with Gasteiger partial charge in [-0.1, -0.05) is 92.1 Å². The molecule has 1 fully saturated rings. The number of rotatable bonds is 10. The Morgan fingerprint density at radius 1 is 0.921 bits per heavy atom. The second-order valence-electron chi connectivity index (χ2n) is 10.7. The van der Waals surface area contributed by atoms with Crippen LogP contribution in [-0.2, 0) is 12.8 Å². The molecule has 4 nitrogen and oxygen atoms in total. The SMILES string of the molecule is C=C(N)Nc1ccc(-c2nc(C3CCCCC3)nc(CCCC3=CCCC=C3)c2Cc2ccccc2)cc1. The lowest BCUT2D eigenvalue weighted by Gasteiger charge is -2.23. The maximum atomic E-state index is 5.77. The van der Waals surface area contributed by atoms with E-state index in [1.165, 1.54) is 60.9 Å². The van der Waals surface area contributed by atoms with Crippen LogP contribution in [0.25, 0.3) is 11.3 Å². The standard InChI is InChI=1S/C34H40N4/c1-25(35)36-30-22-20-28(21-23-30)33-31(24-27-14-7-3-8-15-27)32(19-11-16-26-12-5-2-6-13-26)37-34(38-33)29-17-9-4-10-18-29/h3,5,7-8,12-15,20-23,29,36H,1-2,4,6,9-11,16-19,24,35H2. The van der Waals surface area contributed by atoms with Crippen molar-refractivity contribution in [1.29, 1.82) is 0 Å². The van der Waals surface area contributed by atoms with Gasteiger partial charge in [-0.2, -0.15) is 0 Å². The molecule has 1 heterocycles. The summed E-state index contributed by atoms with van der Waals surface area (Å²) in [6.45, 7) is 3.77. The Morgan fingerprint density at radius 3 is 2.42 bits per heavy atom. The van der Waals surface area contributed by atoms with Crippen LogP contribution >= 0.6 is 0 Å². The number of aryl methyl sites for hydroxylation is 1. The molecule has 0 spiro atoms. The van der Waals surface area contributed by atoms with Gasteiger partial charge < -0.3 is 11.1 Å². The molecular weight excluding hydrogens is 464 g/mol. The average Bonchev–Trinajstić information content (AvgIpc) is 2.95. The highest BCUT2D eigenvalue weighted by atomic mass is 15.0. The molecule has 38 heavy (non-hydrogen) atoms. The monoisotopic (exact) mass is 504 g/mol. The topological polar surface area (TPSA) is 63.8 Å². The predicted octanol–water partition coefficient (Wildman–Crippen LogP) is 8.22. The molecule has 2 aromatic carbocycles. The molecule has 2 aliphatic carbocycles. The van der Waals surface area contributed by atoms with Crippen molar-refractivity contribution in [2.24, 2.45) is 5.73 Å². The number of nitrogens with two attached hydrogens (primary N) is 1. The van der Waals surface area contributed by atoms with Crippen LogP contribution in [0, 0.1) is 0 Å². The Balaban J connectivity index is 1.54. The van der Waals surface area contributed by atoms with E-state index >= 15 is 0 Å². The summed E-state index contributed by atoms with van der Waals surface area (Å²) in [5, 5.41) is 3.11. The first-order valence-corrected chi connectivity index (χ1v) is 14.3. The Labute approximate surface area is 227 Å². The summed E-state index contributed by atoms with van der Waals surface area (Å²) in [5.74, 6) is 1.94. The van der Waals surface area contributed by atoms with Crippen LogP contribution in [0.15, 0.2) is 90.8 Å². The number of hydrogen-bond donors (Lipinski definition) is 2. The van der Waals surface area contributed by atoms with E-state index in [9.17, 15) is 0 Å². The zero-order valence-corrected chi connectivity index (χ0v) is 22.5. The van der Waals surface area contributed by atoms with Crippen LogP contribution in [0.3, 0.4) is 0 Å². The van der Waals surface area contributed by atoms with Crippen molar-refractivity contribution in [2.45, 2.75) is 76.5 Å². The molecule has 1 saturated carbocycles. The number of allylic oxidation sites excluding steroid dienone is 4. The van der Waals surface area contributed by atoms with E-state index < -0.39 is 0 Å². The molecule has 0 bridgehead atoms. The van der Waals surface area contributed by atoms with Crippen molar-refractivity contribution in [3.8, 4) is 11.3 Å². The second kappa shape index (κ2) is 12.7. The molecule has 1 aromatic heterocycles. The van der Waals surface area contributed by atoms with E-state index in [1.807, 2.05) is 0 Å². The number of hydrogen-bond acceptors (Lipinski definition) is 4. The molecule has 3 aromatic rings. The van der Waals surface area contributed by atoms with Crippen molar-refractivity contribution in [1.82, 2.24) is 9.97 Å². The van der Waals surface area contributed by atoms with Crippen LogP contribution < -0.4 is 11.1 Å². The molecule has 0 aliphatic heterocycles. The molecule has 0 saturated heterocycles. The Bertz CT molecular complexity index is 1280. The van der Waals surface area contributed by atoms with Crippen LogP contribution in [0.1, 0.15) is 86.4 Å². The van der Waals surface area contributed by atoms with Crippen molar-refractivity contribution in [3.05, 3.63) is 113 Å². The van der Waals surface area contributed by atoms with E-state index in [0.717, 1.165) is 54.9 Å². The van der Waals surface area contributed by atoms with Crippen molar-refractivity contribution in [3.63, 3.8) is 0 Å². The van der Waals surface area contributed by atoms with Crippen LogP contribution in [-0.4, -0.2) is 9.97 Å². The Hall–Kier alpha value is -3.66. The predicted molar refractivity (Wildman–Crippen MR) is 159 cm³/mol. The number of benzene rings is 2. The molecule has 196 valence electrons. The summed E-state index contributed by atoms with van der Waals surface area (Å²) in [4.78, 5) is 10.6. The van der Waals surface area contributed by atoms with E-state index in [2.05, 4.69) is 84.7 Å². The van der Waals surface area contributed by atoms with E-state index in [-0.39, 0.29) is 0 Å². The summed E-state index contributed by atoms with van der Waals surface area (Å²) < 4.78 is 0. The van der Waals surface area contributed by atoms with Crippen LogP contribution in [0.5, 0.6) is 0 Å². The van der Waals surface area contributed by atoms with E-state index in [1.54, 1.807) is 0 Å². The van der Waals surface area contributed by atoms with E-state index in [4.69, 9.17) is 15.7 Å². The molecular formula is C34H40N4. The summed E-state index contributed by atoms with van der Waals surface area (Å²) in [5.41, 5.74) is 14.1. The molecule has 2 aliphatic rings.